The zero-order valence-corrected chi connectivity index (χ0v) is 17.7. The zero-order chi connectivity index (χ0) is 22.9. The van der Waals surface area contributed by atoms with Gasteiger partial charge in [0, 0.05) is 0 Å². The first-order valence-corrected chi connectivity index (χ1v) is 10.4. The molecule has 0 fully saturated rings. The van der Waals surface area contributed by atoms with Gasteiger partial charge in [-0.25, -0.2) is 0 Å². The molecule has 4 aromatic carbocycles. The van der Waals surface area contributed by atoms with E-state index in [1.807, 2.05) is 60.7 Å². The summed E-state index contributed by atoms with van der Waals surface area (Å²) in [7, 11) is 0. The van der Waals surface area contributed by atoms with Crippen LogP contribution in [0.2, 0.25) is 0 Å². The van der Waals surface area contributed by atoms with Gasteiger partial charge in [-0.3, -0.25) is 0 Å². The van der Waals surface area contributed by atoms with E-state index in [2.05, 4.69) is 12.1 Å². The van der Waals surface area contributed by atoms with Crippen LogP contribution in [0, 0.1) is 22.7 Å². The summed E-state index contributed by atoms with van der Waals surface area (Å²) in [4.78, 5) is 0. The van der Waals surface area contributed by atoms with Gasteiger partial charge < -0.3 is 14.2 Å². The summed E-state index contributed by atoms with van der Waals surface area (Å²) < 4.78 is 17.6. The number of benzene rings is 4. The maximum Gasteiger partial charge on any atom is 0.171 e. The summed E-state index contributed by atoms with van der Waals surface area (Å²) in [5, 5.41) is 19.5. The van der Waals surface area contributed by atoms with Crippen LogP contribution in [-0.2, 0) is 4.74 Å². The summed E-state index contributed by atoms with van der Waals surface area (Å²) in [6, 6.07) is 37.2. The van der Waals surface area contributed by atoms with Crippen molar-refractivity contribution in [2.75, 3.05) is 0 Å². The minimum Gasteiger partial charge on any atom is -0.457 e. The fourth-order valence-corrected chi connectivity index (χ4v) is 3.23. The van der Waals surface area contributed by atoms with Crippen molar-refractivity contribution in [3.8, 4) is 35.1 Å². The second kappa shape index (κ2) is 10.6. The largest absolute Gasteiger partial charge is 0.457 e. The van der Waals surface area contributed by atoms with Gasteiger partial charge in [0.1, 0.15) is 23.0 Å². The van der Waals surface area contributed by atoms with E-state index >= 15 is 0 Å². The fraction of sp³-hybridized carbons (Fsp3) is 0.0714. The third-order valence-electron chi connectivity index (χ3n) is 4.79. The highest BCUT2D eigenvalue weighted by Crippen LogP contribution is 2.31. The van der Waals surface area contributed by atoms with Crippen molar-refractivity contribution < 1.29 is 14.2 Å². The highest BCUT2D eigenvalue weighted by molar-refractivity contribution is 5.38. The Morgan fingerprint density at radius 3 is 1.27 bits per heavy atom. The van der Waals surface area contributed by atoms with E-state index in [4.69, 9.17) is 14.2 Å². The van der Waals surface area contributed by atoms with E-state index in [-0.39, 0.29) is 0 Å². The third kappa shape index (κ3) is 5.77. The zero-order valence-electron chi connectivity index (χ0n) is 17.7. The lowest BCUT2D eigenvalue weighted by Crippen LogP contribution is -2.08. The van der Waals surface area contributed by atoms with Crippen LogP contribution in [0.1, 0.15) is 23.3 Å². The third-order valence-corrected chi connectivity index (χ3v) is 4.79. The van der Waals surface area contributed by atoms with Gasteiger partial charge in [0.2, 0.25) is 0 Å². The number of hydrogen-bond donors (Lipinski definition) is 0. The summed E-state index contributed by atoms with van der Waals surface area (Å²) in [6.45, 7) is 0. The van der Waals surface area contributed by atoms with E-state index in [1.165, 1.54) is 0 Å². The molecule has 0 aliphatic carbocycles. The number of ether oxygens (including phenoxy) is 3. The molecule has 0 saturated heterocycles. The average Bonchev–Trinajstić information content (AvgIpc) is 2.86. The molecule has 0 amide bonds. The molecule has 4 aromatic rings. The molecule has 33 heavy (non-hydrogen) atoms. The number of nitrogens with zero attached hydrogens (tertiary/aromatic N) is 2. The van der Waals surface area contributed by atoms with Crippen molar-refractivity contribution >= 4 is 0 Å². The molecule has 0 N–H and O–H groups in total. The molecule has 0 unspecified atom stereocenters. The lowest BCUT2D eigenvalue weighted by molar-refractivity contribution is 0.0487. The standard InChI is InChI=1S/C28H20N2O3/c29-19-27(21-9-7-15-25(17-21)31-23-11-3-1-4-12-23)33-28(20-30)22-10-8-16-26(18-22)32-24-13-5-2-6-14-24/h1-18,27-28H/t27-,28-/m0/s1. The molecule has 0 radical (unpaired) electrons. The molecule has 160 valence electrons. The van der Waals surface area contributed by atoms with Crippen LogP contribution in [0.3, 0.4) is 0 Å². The van der Waals surface area contributed by atoms with Crippen LogP contribution in [0.15, 0.2) is 109 Å². The normalized spacial score (nSPS) is 12.1. The Morgan fingerprint density at radius 1 is 0.485 bits per heavy atom. The Morgan fingerprint density at radius 2 is 0.879 bits per heavy atom. The molecule has 2 atom stereocenters. The molecule has 4 rings (SSSR count). The van der Waals surface area contributed by atoms with Crippen molar-refractivity contribution in [3.63, 3.8) is 0 Å². The van der Waals surface area contributed by atoms with Crippen molar-refractivity contribution in [1.29, 1.82) is 10.5 Å². The van der Waals surface area contributed by atoms with Crippen LogP contribution in [0.4, 0.5) is 0 Å². The second-order valence-electron chi connectivity index (χ2n) is 7.13. The Kier molecular flexibility index (Phi) is 6.98. The van der Waals surface area contributed by atoms with E-state index < -0.39 is 12.2 Å². The van der Waals surface area contributed by atoms with Gasteiger partial charge in [0.25, 0.3) is 0 Å². The predicted molar refractivity (Wildman–Crippen MR) is 124 cm³/mol. The van der Waals surface area contributed by atoms with Gasteiger partial charge in [-0.15, -0.1) is 0 Å². The smallest absolute Gasteiger partial charge is 0.171 e. The lowest BCUT2D eigenvalue weighted by Gasteiger charge is -2.17. The number of para-hydroxylation sites is 2. The van der Waals surface area contributed by atoms with Gasteiger partial charge in [0.05, 0.1) is 12.1 Å². The summed E-state index contributed by atoms with van der Waals surface area (Å²) in [5.74, 6) is 2.53. The molecular weight excluding hydrogens is 412 g/mol. The highest BCUT2D eigenvalue weighted by atomic mass is 16.5. The summed E-state index contributed by atoms with van der Waals surface area (Å²) in [5.41, 5.74) is 1.20. The minimum absolute atomic E-state index is 0.578. The molecule has 0 saturated carbocycles. The van der Waals surface area contributed by atoms with E-state index in [0.717, 1.165) is 0 Å². The van der Waals surface area contributed by atoms with Crippen molar-refractivity contribution in [2.24, 2.45) is 0 Å². The summed E-state index contributed by atoms with van der Waals surface area (Å²) in [6.07, 6.45) is -1.90. The van der Waals surface area contributed by atoms with Gasteiger partial charge in [-0.2, -0.15) is 10.5 Å². The van der Waals surface area contributed by atoms with E-state index in [9.17, 15) is 10.5 Å². The van der Waals surface area contributed by atoms with Crippen LogP contribution in [0.5, 0.6) is 23.0 Å². The number of hydrogen-bond acceptors (Lipinski definition) is 5. The Balaban J connectivity index is 1.51. The Bertz CT molecular complexity index is 1180. The van der Waals surface area contributed by atoms with E-state index in [1.54, 1.807) is 48.5 Å². The quantitative estimate of drug-likeness (QED) is 0.296. The Labute approximate surface area is 192 Å². The molecule has 0 spiro atoms. The SMILES string of the molecule is N#C[C@H](O[C@@H](C#N)c1cccc(Oc2ccccc2)c1)c1cccc(Oc2ccccc2)c1. The van der Waals surface area contributed by atoms with Gasteiger partial charge in [-0.1, -0.05) is 60.7 Å². The molecule has 0 heterocycles. The van der Waals surface area contributed by atoms with Crippen molar-refractivity contribution in [3.05, 3.63) is 120 Å². The average molecular weight is 432 g/mol. The molecule has 0 aliphatic heterocycles. The van der Waals surface area contributed by atoms with Crippen molar-refractivity contribution in [2.45, 2.75) is 12.2 Å². The monoisotopic (exact) mass is 432 g/mol. The molecular formula is C28H20N2O3. The molecule has 5 heteroatoms. The first kappa shape index (κ1) is 21.6. The van der Waals surface area contributed by atoms with Gasteiger partial charge in [0.15, 0.2) is 12.2 Å². The maximum atomic E-state index is 9.75. The lowest BCUT2D eigenvalue weighted by atomic mass is 10.1. The Hall–Kier alpha value is -4.58. The first-order valence-electron chi connectivity index (χ1n) is 10.4. The number of rotatable bonds is 8. The number of nitriles is 2. The van der Waals surface area contributed by atoms with Crippen molar-refractivity contribution in [1.82, 2.24) is 0 Å². The van der Waals surface area contributed by atoms with Crippen LogP contribution in [-0.4, -0.2) is 0 Å². The molecule has 0 aliphatic rings. The fourth-order valence-electron chi connectivity index (χ4n) is 3.23. The highest BCUT2D eigenvalue weighted by Gasteiger charge is 2.20. The van der Waals surface area contributed by atoms with Gasteiger partial charge in [-0.05, 0) is 59.7 Å². The van der Waals surface area contributed by atoms with Crippen LogP contribution < -0.4 is 9.47 Å². The molecule has 0 bridgehead atoms. The van der Waals surface area contributed by atoms with Crippen LogP contribution in [0.25, 0.3) is 0 Å². The first-order chi connectivity index (χ1) is 16.2. The van der Waals surface area contributed by atoms with E-state index in [0.29, 0.717) is 34.1 Å². The molecule has 0 aromatic heterocycles. The predicted octanol–water partition coefficient (Wildman–Crippen LogP) is 7.12. The molecule has 5 nitrogen and oxygen atoms in total. The maximum absolute atomic E-state index is 9.75. The minimum atomic E-state index is -0.951. The topological polar surface area (TPSA) is 75.3 Å². The second-order valence-corrected chi connectivity index (χ2v) is 7.13. The van der Waals surface area contributed by atoms with Crippen LogP contribution >= 0.6 is 0 Å². The summed E-state index contributed by atoms with van der Waals surface area (Å²) >= 11 is 0. The van der Waals surface area contributed by atoms with Gasteiger partial charge >= 0.3 is 0 Å².